The summed E-state index contributed by atoms with van der Waals surface area (Å²) in [5.74, 6) is -1.91. The standard InChI is InChI=1S/C28H28Cl2N2O4/c1-2-21-27(28(35)36-18-8-3-4-9-18)25(15-6-5-7-17(33)10-15)26-22(32-21)11-16(12-23(26)34)24-19(29)13-31-14-20(24)30/h5-7,10,13-14,16,18,25,27,33H,2-4,8-9,11-12H2,1H3. The fourth-order valence-corrected chi connectivity index (χ4v) is 6.55. The topological polar surface area (TPSA) is 88.9 Å². The van der Waals surface area contributed by atoms with E-state index < -0.39 is 11.8 Å². The third-order valence-corrected chi connectivity index (χ3v) is 8.10. The SMILES string of the molecule is CCC1=NC2=C(C(=O)CC(c3c(Cl)cncc3Cl)C2)C(c2cccc(O)c2)C1C(=O)OC1CCCC1. The van der Waals surface area contributed by atoms with Crippen molar-refractivity contribution < 1.29 is 19.4 Å². The molecule has 2 aromatic rings. The first-order valence-electron chi connectivity index (χ1n) is 12.5. The predicted molar refractivity (Wildman–Crippen MR) is 139 cm³/mol. The number of phenolic OH excluding ortho intramolecular Hbond substituents is 1. The van der Waals surface area contributed by atoms with E-state index in [4.69, 9.17) is 32.9 Å². The normalized spacial score (nSPS) is 24.5. The van der Waals surface area contributed by atoms with Crippen LogP contribution in [0, 0.1) is 5.92 Å². The van der Waals surface area contributed by atoms with Crippen LogP contribution in [-0.4, -0.2) is 33.7 Å². The summed E-state index contributed by atoms with van der Waals surface area (Å²) in [5, 5.41) is 11.1. The van der Waals surface area contributed by atoms with Crippen molar-refractivity contribution in [3.63, 3.8) is 0 Å². The van der Waals surface area contributed by atoms with Crippen molar-refractivity contribution in [2.24, 2.45) is 10.9 Å². The van der Waals surface area contributed by atoms with Crippen LogP contribution in [0.5, 0.6) is 5.75 Å². The van der Waals surface area contributed by atoms with E-state index in [1.807, 2.05) is 13.0 Å². The zero-order valence-electron chi connectivity index (χ0n) is 20.0. The van der Waals surface area contributed by atoms with E-state index >= 15 is 0 Å². The lowest BCUT2D eigenvalue weighted by molar-refractivity contribution is -0.151. The van der Waals surface area contributed by atoms with E-state index in [2.05, 4.69) is 4.98 Å². The van der Waals surface area contributed by atoms with Crippen molar-refractivity contribution in [2.45, 2.75) is 69.8 Å². The molecule has 3 aliphatic rings. The molecule has 8 heteroatoms. The van der Waals surface area contributed by atoms with Crippen molar-refractivity contribution in [3.8, 4) is 5.75 Å². The maximum absolute atomic E-state index is 13.8. The van der Waals surface area contributed by atoms with Crippen LogP contribution in [0.2, 0.25) is 10.0 Å². The number of allylic oxidation sites excluding steroid dienone is 2. The summed E-state index contributed by atoms with van der Waals surface area (Å²) in [5.41, 5.74) is 3.24. The molecule has 1 fully saturated rings. The Morgan fingerprint density at radius 1 is 1.14 bits per heavy atom. The molecule has 3 atom stereocenters. The monoisotopic (exact) mass is 526 g/mol. The molecule has 0 bridgehead atoms. The number of esters is 1. The minimum atomic E-state index is -0.718. The molecule has 2 heterocycles. The van der Waals surface area contributed by atoms with Crippen LogP contribution in [0.25, 0.3) is 0 Å². The van der Waals surface area contributed by atoms with Gasteiger partial charge in [0.25, 0.3) is 0 Å². The van der Waals surface area contributed by atoms with Crippen LogP contribution < -0.4 is 0 Å². The maximum Gasteiger partial charge on any atom is 0.315 e. The molecule has 188 valence electrons. The number of ketones is 1. The lowest BCUT2D eigenvalue weighted by Gasteiger charge is -2.37. The second-order valence-corrected chi connectivity index (χ2v) is 10.6. The molecule has 0 saturated heterocycles. The highest BCUT2D eigenvalue weighted by Gasteiger charge is 2.46. The fourth-order valence-electron chi connectivity index (χ4n) is 5.88. The van der Waals surface area contributed by atoms with Gasteiger partial charge in [0.1, 0.15) is 17.8 Å². The minimum absolute atomic E-state index is 0.0783. The van der Waals surface area contributed by atoms with Crippen LogP contribution >= 0.6 is 23.2 Å². The Balaban J connectivity index is 1.59. The first-order chi connectivity index (χ1) is 17.4. The highest BCUT2D eigenvalue weighted by Crippen LogP contribution is 2.49. The number of aliphatic imine (C=N–C) groups is 1. The van der Waals surface area contributed by atoms with Gasteiger partial charge in [0.05, 0.1) is 10.0 Å². The summed E-state index contributed by atoms with van der Waals surface area (Å²) in [4.78, 5) is 36.3. The average molecular weight is 527 g/mol. The van der Waals surface area contributed by atoms with Gasteiger partial charge < -0.3 is 9.84 Å². The van der Waals surface area contributed by atoms with E-state index in [9.17, 15) is 14.7 Å². The molecule has 1 aliphatic heterocycles. The molecule has 36 heavy (non-hydrogen) atoms. The first kappa shape index (κ1) is 25.0. The third kappa shape index (κ3) is 4.69. The number of Topliss-reactive ketones (excluding diaryl/α,β-unsaturated/α-hetero) is 1. The Kier molecular flexibility index (Phi) is 7.18. The summed E-state index contributed by atoms with van der Waals surface area (Å²) in [6, 6.07) is 6.78. The molecule has 1 aromatic carbocycles. The molecule has 1 saturated carbocycles. The number of halogens is 2. The molecule has 2 aliphatic carbocycles. The van der Waals surface area contributed by atoms with Gasteiger partial charge in [-0.25, -0.2) is 0 Å². The quantitative estimate of drug-likeness (QED) is 0.446. The second-order valence-electron chi connectivity index (χ2n) is 9.76. The Morgan fingerprint density at radius 2 is 1.86 bits per heavy atom. The molecule has 1 aromatic heterocycles. The number of aromatic nitrogens is 1. The van der Waals surface area contributed by atoms with Gasteiger partial charge in [-0.05, 0) is 67.7 Å². The molecular weight excluding hydrogens is 499 g/mol. The Labute approximate surface area is 220 Å². The zero-order valence-corrected chi connectivity index (χ0v) is 21.6. The summed E-state index contributed by atoms with van der Waals surface area (Å²) < 4.78 is 5.94. The van der Waals surface area contributed by atoms with E-state index in [0.717, 1.165) is 25.7 Å². The lowest BCUT2D eigenvalue weighted by Crippen LogP contribution is -2.39. The molecule has 3 unspecified atom stereocenters. The first-order valence-corrected chi connectivity index (χ1v) is 13.2. The van der Waals surface area contributed by atoms with E-state index in [0.29, 0.717) is 51.0 Å². The largest absolute Gasteiger partial charge is 0.508 e. The molecule has 6 nitrogen and oxygen atoms in total. The maximum atomic E-state index is 13.8. The molecule has 1 N–H and O–H groups in total. The van der Waals surface area contributed by atoms with Crippen LogP contribution in [0.4, 0.5) is 0 Å². The zero-order chi connectivity index (χ0) is 25.4. The third-order valence-electron chi connectivity index (χ3n) is 7.49. The van der Waals surface area contributed by atoms with E-state index in [1.165, 1.54) is 12.4 Å². The number of aromatic hydroxyl groups is 1. The number of phenols is 1. The number of nitrogens with zero attached hydrogens (tertiary/aromatic N) is 2. The smallest absolute Gasteiger partial charge is 0.315 e. The summed E-state index contributed by atoms with van der Waals surface area (Å²) in [6.07, 6.45) is 7.96. The lowest BCUT2D eigenvalue weighted by atomic mass is 9.68. The van der Waals surface area contributed by atoms with Gasteiger partial charge in [-0.15, -0.1) is 0 Å². The van der Waals surface area contributed by atoms with E-state index in [-0.39, 0.29) is 35.9 Å². The van der Waals surface area contributed by atoms with Gasteiger partial charge in [-0.2, -0.15) is 0 Å². The highest BCUT2D eigenvalue weighted by molar-refractivity contribution is 6.36. The fraction of sp³-hybridized carbons (Fsp3) is 0.429. The van der Waals surface area contributed by atoms with Gasteiger partial charge in [-0.1, -0.05) is 42.3 Å². The van der Waals surface area contributed by atoms with Gasteiger partial charge in [0.15, 0.2) is 5.78 Å². The van der Waals surface area contributed by atoms with E-state index in [1.54, 1.807) is 18.2 Å². The molecule has 0 spiro atoms. The van der Waals surface area contributed by atoms with Crippen molar-refractivity contribution in [1.29, 1.82) is 0 Å². The van der Waals surface area contributed by atoms with Crippen LogP contribution in [0.15, 0.2) is 52.9 Å². The molecule has 5 rings (SSSR count). The number of benzene rings is 1. The highest BCUT2D eigenvalue weighted by atomic mass is 35.5. The predicted octanol–water partition coefficient (Wildman–Crippen LogP) is 6.55. The van der Waals surface area contributed by atoms with Gasteiger partial charge in [0, 0.05) is 41.7 Å². The van der Waals surface area contributed by atoms with Crippen LogP contribution in [-0.2, 0) is 14.3 Å². The summed E-state index contributed by atoms with van der Waals surface area (Å²) in [7, 11) is 0. The van der Waals surface area contributed by atoms with Gasteiger partial charge in [0.2, 0.25) is 0 Å². The number of pyridine rings is 1. The number of hydrogen-bond acceptors (Lipinski definition) is 6. The summed E-state index contributed by atoms with van der Waals surface area (Å²) >= 11 is 12.9. The van der Waals surface area contributed by atoms with Gasteiger partial charge in [-0.3, -0.25) is 19.6 Å². The average Bonchev–Trinajstić information content (AvgIpc) is 3.35. The minimum Gasteiger partial charge on any atom is -0.508 e. The Hall–Kier alpha value is -2.70. The Bertz CT molecular complexity index is 1250. The summed E-state index contributed by atoms with van der Waals surface area (Å²) in [6.45, 7) is 1.96. The van der Waals surface area contributed by atoms with Crippen molar-refractivity contribution in [1.82, 2.24) is 4.98 Å². The van der Waals surface area contributed by atoms with Gasteiger partial charge >= 0.3 is 5.97 Å². The number of carbonyl (C=O) groups is 2. The molecular formula is C28H28Cl2N2O4. The van der Waals surface area contributed by atoms with Crippen LogP contribution in [0.1, 0.15) is 74.8 Å². The molecule has 0 radical (unpaired) electrons. The van der Waals surface area contributed by atoms with Crippen molar-refractivity contribution >= 4 is 40.7 Å². The van der Waals surface area contributed by atoms with Crippen molar-refractivity contribution in [3.05, 3.63) is 69.1 Å². The van der Waals surface area contributed by atoms with Crippen molar-refractivity contribution in [2.75, 3.05) is 0 Å². The number of carbonyl (C=O) groups excluding carboxylic acids is 2. The molecule has 0 amide bonds. The van der Waals surface area contributed by atoms with Crippen LogP contribution in [0.3, 0.4) is 0 Å². The number of rotatable bonds is 5. The number of hydrogen-bond donors (Lipinski definition) is 1. The number of ether oxygens (including phenoxy) is 1. The second kappa shape index (κ2) is 10.3. The Morgan fingerprint density at radius 3 is 2.53 bits per heavy atom.